The van der Waals surface area contributed by atoms with Gasteiger partial charge < -0.3 is 25.2 Å². The average molecular weight is 272 g/mol. The van der Waals surface area contributed by atoms with Crippen LogP contribution in [0.15, 0.2) is 30.3 Å². The van der Waals surface area contributed by atoms with Crippen LogP contribution in [0.2, 0.25) is 0 Å². The van der Waals surface area contributed by atoms with Gasteiger partial charge in [-0.25, -0.2) is 0 Å². The highest BCUT2D eigenvalue weighted by Crippen LogP contribution is 2.36. The fourth-order valence-corrected chi connectivity index (χ4v) is 1.69. The zero-order chi connectivity index (χ0) is 14.7. The smallest absolute Gasteiger partial charge is 0.202 e. The minimum atomic E-state index is -0.226. The predicted molar refractivity (Wildman–Crippen MR) is 72.1 cm³/mol. The molecular formula is C15H12O5. The van der Waals surface area contributed by atoms with Gasteiger partial charge in [-0.2, -0.15) is 0 Å². The number of phenolic OH excluding ortho intramolecular Hbond substituents is 4. The summed E-state index contributed by atoms with van der Waals surface area (Å²) in [7, 11) is 1.33. The fraction of sp³-hybridized carbons (Fsp3) is 0.0667. The van der Waals surface area contributed by atoms with Crippen LogP contribution >= 0.6 is 0 Å². The summed E-state index contributed by atoms with van der Waals surface area (Å²) in [5.41, 5.74) is 0.765. The number of aromatic hydroxyl groups is 4. The Bertz CT molecular complexity index is 667. The third-order valence-electron chi connectivity index (χ3n) is 2.51. The van der Waals surface area contributed by atoms with E-state index in [0.29, 0.717) is 11.1 Å². The number of hydrogen-bond acceptors (Lipinski definition) is 5. The van der Waals surface area contributed by atoms with E-state index in [1.54, 1.807) is 0 Å². The fourth-order valence-electron chi connectivity index (χ4n) is 1.69. The summed E-state index contributed by atoms with van der Waals surface area (Å²) >= 11 is 0. The largest absolute Gasteiger partial charge is 0.508 e. The molecule has 0 atom stereocenters. The summed E-state index contributed by atoms with van der Waals surface area (Å²) in [6, 6.07) is 6.64. The van der Waals surface area contributed by atoms with Crippen LogP contribution in [0.4, 0.5) is 0 Å². The van der Waals surface area contributed by atoms with Crippen molar-refractivity contribution in [3.8, 4) is 40.6 Å². The van der Waals surface area contributed by atoms with Gasteiger partial charge in [0.05, 0.1) is 7.11 Å². The summed E-state index contributed by atoms with van der Waals surface area (Å²) in [5, 5.41) is 37.9. The molecule has 0 aromatic heterocycles. The number of benzene rings is 2. The second-order valence-electron chi connectivity index (χ2n) is 4.04. The molecule has 5 nitrogen and oxygen atoms in total. The number of methoxy groups -OCH3 is 1. The maximum atomic E-state index is 9.62. The lowest BCUT2D eigenvalue weighted by Crippen LogP contribution is -1.86. The molecule has 20 heavy (non-hydrogen) atoms. The molecule has 102 valence electrons. The van der Waals surface area contributed by atoms with Crippen molar-refractivity contribution in [2.45, 2.75) is 0 Å². The van der Waals surface area contributed by atoms with Crippen LogP contribution in [0.25, 0.3) is 0 Å². The molecule has 0 heterocycles. The molecule has 2 rings (SSSR count). The van der Waals surface area contributed by atoms with Crippen LogP contribution in [-0.2, 0) is 0 Å². The van der Waals surface area contributed by atoms with Gasteiger partial charge in [-0.05, 0) is 24.3 Å². The van der Waals surface area contributed by atoms with E-state index in [1.807, 2.05) is 0 Å². The highest BCUT2D eigenvalue weighted by atomic mass is 16.5. The topological polar surface area (TPSA) is 90.2 Å². The molecule has 5 heteroatoms. The molecule has 4 N–H and O–H groups in total. The summed E-state index contributed by atoms with van der Waals surface area (Å²) in [6.07, 6.45) is 0. The molecular weight excluding hydrogens is 260 g/mol. The van der Waals surface area contributed by atoms with Crippen molar-refractivity contribution < 1.29 is 25.2 Å². The molecule has 0 bridgehead atoms. The van der Waals surface area contributed by atoms with E-state index in [2.05, 4.69) is 11.8 Å². The summed E-state index contributed by atoms with van der Waals surface area (Å²) in [6.45, 7) is 0. The van der Waals surface area contributed by atoms with Crippen molar-refractivity contribution in [1.82, 2.24) is 0 Å². The molecule has 0 aliphatic heterocycles. The molecule has 2 aromatic rings. The SMILES string of the molecule is COc1c(O)cc(C#Cc2cc(O)cc(O)c2)cc1O. The Morgan fingerprint density at radius 2 is 1.20 bits per heavy atom. The zero-order valence-corrected chi connectivity index (χ0v) is 10.6. The lowest BCUT2D eigenvalue weighted by molar-refractivity contribution is 0.344. The van der Waals surface area contributed by atoms with Gasteiger partial charge in [0, 0.05) is 17.2 Å². The Balaban J connectivity index is 2.38. The number of rotatable bonds is 1. The second-order valence-corrected chi connectivity index (χ2v) is 4.04. The van der Waals surface area contributed by atoms with Crippen LogP contribution in [0.3, 0.4) is 0 Å². The first kappa shape index (κ1) is 13.4. The Hall–Kier alpha value is -3.00. The first-order valence-electron chi connectivity index (χ1n) is 5.64. The number of hydrogen-bond donors (Lipinski definition) is 4. The van der Waals surface area contributed by atoms with E-state index < -0.39 is 0 Å². The molecule has 0 spiro atoms. The van der Waals surface area contributed by atoms with E-state index in [-0.39, 0.29) is 28.7 Å². The van der Waals surface area contributed by atoms with E-state index in [0.717, 1.165) is 0 Å². The third kappa shape index (κ3) is 2.87. The molecule has 0 amide bonds. The van der Waals surface area contributed by atoms with E-state index >= 15 is 0 Å². The molecule has 0 aliphatic rings. The quantitative estimate of drug-likeness (QED) is 0.595. The van der Waals surface area contributed by atoms with Gasteiger partial charge in [0.1, 0.15) is 11.5 Å². The maximum Gasteiger partial charge on any atom is 0.202 e. The van der Waals surface area contributed by atoms with Gasteiger partial charge in [0.25, 0.3) is 0 Å². The molecule has 0 fully saturated rings. The van der Waals surface area contributed by atoms with Gasteiger partial charge in [0.2, 0.25) is 5.75 Å². The van der Waals surface area contributed by atoms with Crippen LogP contribution < -0.4 is 4.74 Å². The minimum Gasteiger partial charge on any atom is -0.508 e. The van der Waals surface area contributed by atoms with Crippen molar-refractivity contribution in [3.63, 3.8) is 0 Å². The van der Waals surface area contributed by atoms with Crippen LogP contribution in [0.5, 0.6) is 28.7 Å². The average Bonchev–Trinajstić information content (AvgIpc) is 2.35. The van der Waals surface area contributed by atoms with Crippen molar-refractivity contribution in [2.75, 3.05) is 7.11 Å². The Kier molecular flexibility index (Phi) is 3.58. The van der Waals surface area contributed by atoms with Crippen LogP contribution in [0.1, 0.15) is 11.1 Å². The van der Waals surface area contributed by atoms with Crippen molar-refractivity contribution in [3.05, 3.63) is 41.5 Å². The Morgan fingerprint density at radius 1 is 0.750 bits per heavy atom. The normalized spacial score (nSPS) is 9.65. The van der Waals surface area contributed by atoms with Gasteiger partial charge >= 0.3 is 0 Å². The van der Waals surface area contributed by atoms with Gasteiger partial charge in [-0.15, -0.1) is 0 Å². The molecule has 2 aromatic carbocycles. The summed E-state index contributed by atoms with van der Waals surface area (Å²) in [5.74, 6) is 4.72. The van der Waals surface area contributed by atoms with Gasteiger partial charge in [-0.3, -0.25) is 0 Å². The summed E-state index contributed by atoms with van der Waals surface area (Å²) < 4.78 is 4.81. The lowest BCUT2D eigenvalue weighted by Gasteiger charge is -2.05. The Morgan fingerprint density at radius 3 is 1.65 bits per heavy atom. The van der Waals surface area contributed by atoms with Gasteiger partial charge in [0.15, 0.2) is 11.5 Å². The molecule has 0 saturated heterocycles. The lowest BCUT2D eigenvalue weighted by atomic mass is 10.1. The van der Waals surface area contributed by atoms with E-state index in [1.165, 1.54) is 37.4 Å². The highest BCUT2D eigenvalue weighted by molar-refractivity contribution is 5.57. The second kappa shape index (κ2) is 5.33. The number of ether oxygens (including phenoxy) is 1. The standard InChI is InChI=1S/C15H12O5/c1-20-15-13(18)6-10(7-14(15)19)3-2-9-4-11(16)8-12(17)5-9/h4-8,16-19H,1H3. The third-order valence-corrected chi connectivity index (χ3v) is 2.51. The van der Waals surface area contributed by atoms with E-state index in [9.17, 15) is 20.4 Å². The monoisotopic (exact) mass is 272 g/mol. The zero-order valence-electron chi connectivity index (χ0n) is 10.6. The van der Waals surface area contributed by atoms with Crippen molar-refractivity contribution >= 4 is 0 Å². The first-order chi connectivity index (χ1) is 9.49. The van der Waals surface area contributed by atoms with E-state index in [4.69, 9.17) is 4.74 Å². The van der Waals surface area contributed by atoms with Crippen molar-refractivity contribution in [1.29, 1.82) is 0 Å². The predicted octanol–water partition coefficient (Wildman–Crippen LogP) is 1.92. The van der Waals surface area contributed by atoms with Crippen LogP contribution in [-0.4, -0.2) is 27.5 Å². The highest BCUT2D eigenvalue weighted by Gasteiger charge is 2.08. The summed E-state index contributed by atoms with van der Waals surface area (Å²) in [4.78, 5) is 0. The molecule has 0 saturated carbocycles. The molecule has 0 aliphatic carbocycles. The maximum absolute atomic E-state index is 9.62. The number of phenols is 4. The van der Waals surface area contributed by atoms with Gasteiger partial charge in [-0.1, -0.05) is 11.8 Å². The molecule has 0 radical (unpaired) electrons. The van der Waals surface area contributed by atoms with Crippen molar-refractivity contribution in [2.24, 2.45) is 0 Å². The minimum absolute atomic E-state index is 0.0226. The van der Waals surface area contributed by atoms with Crippen LogP contribution in [0, 0.1) is 11.8 Å². The molecule has 0 unspecified atom stereocenters. The Labute approximate surface area is 115 Å². The first-order valence-corrected chi connectivity index (χ1v) is 5.64.